The molecule has 30 heavy (non-hydrogen) atoms. The smallest absolute Gasteiger partial charge is 0.280 e. The van der Waals surface area contributed by atoms with Crippen LogP contribution < -0.4 is 5.62 Å². The number of aliphatic hydroxyl groups excluding tert-OH is 1. The number of aliphatic hydroxyl groups is 1. The number of benzene rings is 2. The topological polar surface area (TPSA) is 87.5 Å². The molecule has 3 aromatic rings. The summed E-state index contributed by atoms with van der Waals surface area (Å²) in [6.07, 6.45) is 3.16. The summed E-state index contributed by atoms with van der Waals surface area (Å²) in [5, 5.41) is 9.55. The van der Waals surface area contributed by atoms with E-state index in [2.05, 4.69) is 9.98 Å². The van der Waals surface area contributed by atoms with E-state index < -0.39 is 11.7 Å². The predicted molar refractivity (Wildman–Crippen MR) is 110 cm³/mol. The highest BCUT2D eigenvalue weighted by molar-refractivity contribution is 5.95. The van der Waals surface area contributed by atoms with Gasteiger partial charge in [-0.1, -0.05) is 12.1 Å². The molecule has 1 fully saturated rings. The Morgan fingerprint density at radius 2 is 1.93 bits per heavy atom. The van der Waals surface area contributed by atoms with Crippen LogP contribution >= 0.6 is 0 Å². The minimum absolute atomic E-state index is 0.0716. The number of aromatic amines is 1. The number of H-pyrrole nitrogens is 1. The maximum atomic E-state index is 13.5. The molecule has 6 nitrogen and oxygen atoms in total. The Morgan fingerprint density at radius 1 is 1.17 bits per heavy atom. The van der Waals surface area contributed by atoms with Crippen molar-refractivity contribution in [3.63, 3.8) is 0 Å². The number of halogens is 1. The number of carbonyl (C=O) groups excluding carboxylic acids is 2. The Bertz CT molecular complexity index is 1170. The van der Waals surface area contributed by atoms with E-state index in [4.69, 9.17) is 0 Å². The van der Waals surface area contributed by atoms with E-state index in [1.165, 1.54) is 24.3 Å². The molecule has 4 rings (SSSR count). The van der Waals surface area contributed by atoms with Crippen molar-refractivity contribution < 1.29 is 19.1 Å². The first-order valence-electron chi connectivity index (χ1n) is 10.2. The van der Waals surface area contributed by atoms with Gasteiger partial charge in [-0.05, 0) is 68.5 Å². The molecule has 0 spiro atoms. The number of carbonyl (C=O) groups is 2. The number of hydrogen-bond donors (Lipinski definition) is 2. The third kappa shape index (κ3) is 3.98. The van der Waals surface area contributed by atoms with Crippen molar-refractivity contribution in [3.8, 4) is 0 Å². The number of fused-ring (bicyclic) bond motifs is 1. The summed E-state index contributed by atoms with van der Waals surface area (Å²) in [6.45, 7) is 1.54. The summed E-state index contributed by atoms with van der Waals surface area (Å²) in [7, 11) is 0. The van der Waals surface area contributed by atoms with Crippen LogP contribution in [-0.4, -0.2) is 26.3 Å². The largest absolute Gasteiger partial charge is 0.392 e. The van der Waals surface area contributed by atoms with Crippen molar-refractivity contribution in [3.05, 3.63) is 65.0 Å². The van der Waals surface area contributed by atoms with E-state index in [0.717, 1.165) is 42.3 Å². The summed E-state index contributed by atoms with van der Waals surface area (Å²) in [5.74, 6) is -0.731. The number of hydrogen-bond acceptors (Lipinski definition) is 3. The molecular weight excluding hydrogens is 385 g/mol. The highest BCUT2D eigenvalue weighted by Gasteiger charge is 2.27. The van der Waals surface area contributed by atoms with Gasteiger partial charge in [0.2, 0.25) is 5.62 Å². The number of imidazole rings is 1. The highest BCUT2D eigenvalue weighted by Crippen LogP contribution is 2.33. The Kier molecular flexibility index (Phi) is 5.63. The van der Waals surface area contributed by atoms with Gasteiger partial charge in [-0.25, -0.2) is 4.39 Å². The maximum Gasteiger partial charge on any atom is 0.280 e. The molecule has 1 aliphatic carbocycles. The lowest BCUT2D eigenvalue weighted by Crippen LogP contribution is -2.29. The first-order valence-corrected chi connectivity index (χ1v) is 10.2. The van der Waals surface area contributed by atoms with Gasteiger partial charge in [0.15, 0.2) is 0 Å². The number of rotatable bonds is 4. The molecule has 0 radical (unpaired) electrons. The molecule has 1 heterocycles. The molecule has 1 aromatic heterocycles. The van der Waals surface area contributed by atoms with Gasteiger partial charge in [-0.2, -0.15) is 4.99 Å². The van der Waals surface area contributed by atoms with E-state index in [1.54, 1.807) is 6.92 Å². The van der Waals surface area contributed by atoms with Gasteiger partial charge < -0.3 is 14.7 Å². The second kappa shape index (κ2) is 8.36. The third-order valence-electron chi connectivity index (χ3n) is 5.89. The zero-order valence-corrected chi connectivity index (χ0v) is 16.8. The molecule has 156 valence electrons. The summed E-state index contributed by atoms with van der Waals surface area (Å²) in [4.78, 5) is 31.9. The average Bonchev–Trinajstić information content (AvgIpc) is 3.10. The van der Waals surface area contributed by atoms with Crippen molar-refractivity contribution in [2.24, 2.45) is 10.9 Å². The van der Waals surface area contributed by atoms with Crippen LogP contribution in [0.2, 0.25) is 0 Å². The quantitative estimate of drug-likeness (QED) is 0.689. The Balaban J connectivity index is 1.80. The van der Waals surface area contributed by atoms with E-state index in [1.807, 2.05) is 22.8 Å². The van der Waals surface area contributed by atoms with Gasteiger partial charge in [0.1, 0.15) is 11.6 Å². The predicted octanol–water partition coefficient (Wildman–Crippen LogP) is 3.66. The van der Waals surface area contributed by atoms with Crippen LogP contribution in [0.3, 0.4) is 0 Å². The molecular formula is C23H24FN3O3. The molecule has 0 unspecified atom stereocenters. The molecule has 7 heteroatoms. The van der Waals surface area contributed by atoms with Crippen LogP contribution in [0.15, 0.2) is 47.5 Å². The van der Waals surface area contributed by atoms with E-state index in [0.29, 0.717) is 5.62 Å². The van der Waals surface area contributed by atoms with Crippen molar-refractivity contribution in [2.75, 3.05) is 0 Å². The minimum Gasteiger partial charge on any atom is -0.392 e. The van der Waals surface area contributed by atoms with E-state index >= 15 is 0 Å². The second-order valence-electron chi connectivity index (χ2n) is 7.87. The van der Waals surface area contributed by atoms with Crippen LogP contribution in [0.25, 0.3) is 11.0 Å². The van der Waals surface area contributed by atoms with Crippen molar-refractivity contribution in [1.82, 2.24) is 9.55 Å². The third-order valence-corrected chi connectivity index (χ3v) is 5.89. The molecule has 0 bridgehead atoms. The van der Waals surface area contributed by atoms with Gasteiger partial charge >= 0.3 is 0 Å². The number of ketones is 1. The lowest BCUT2D eigenvalue weighted by Gasteiger charge is -2.28. The highest BCUT2D eigenvalue weighted by atomic mass is 19.1. The summed E-state index contributed by atoms with van der Waals surface area (Å²) < 4.78 is 15.5. The van der Waals surface area contributed by atoms with Gasteiger partial charge in [0, 0.05) is 17.5 Å². The number of amides is 1. The zero-order chi connectivity index (χ0) is 21.3. The zero-order valence-electron chi connectivity index (χ0n) is 16.8. The average molecular weight is 409 g/mol. The van der Waals surface area contributed by atoms with Gasteiger partial charge in [-0.15, -0.1) is 0 Å². The lowest BCUT2D eigenvalue weighted by molar-refractivity contribution is -0.121. The lowest BCUT2D eigenvalue weighted by atomic mass is 9.84. The molecule has 0 atom stereocenters. The molecule has 2 aromatic carbocycles. The standard InChI is InChI=1S/C23H24FN3O3/c1-14(29)16-6-8-19(9-7-16)27-21-11-15(13-28)5-10-20(21)25-23(27)26-22(30)17-3-2-4-18(24)12-17/h2-5,10-12,16,19,28H,6-9,13H2,1H3,(H,25,26,30)/t16-,19+. The fourth-order valence-corrected chi connectivity index (χ4v) is 4.25. The summed E-state index contributed by atoms with van der Waals surface area (Å²) >= 11 is 0. The normalized spacial score (nSPS) is 19.9. The van der Waals surface area contributed by atoms with Crippen LogP contribution in [0.1, 0.15) is 54.6 Å². The fourth-order valence-electron chi connectivity index (χ4n) is 4.25. The summed E-state index contributed by atoms with van der Waals surface area (Å²) in [5.41, 5.74) is 2.97. The van der Waals surface area contributed by atoms with E-state index in [9.17, 15) is 19.1 Å². The number of Topliss-reactive ketones (excluding diaryl/α,β-unsaturated/α-hetero) is 1. The van der Waals surface area contributed by atoms with Gasteiger partial charge in [0.05, 0.1) is 17.6 Å². The fraction of sp³-hybridized carbons (Fsp3) is 0.348. The monoisotopic (exact) mass is 409 g/mol. The van der Waals surface area contributed by atoms with E-state index in [-0.39, 0.29) is 29.9 Å². The SMILES string of the molecule is CC(=O)[C@H]1CC[C@@H](n2/c(=N/C(=O)c3cccc(F)c3)[nH]c3ccc(CO)cc32)CC1. The molecule has 0 aliphatic heterocycles. The van der Waals surface area contributed by atoms with Crippen molar-refractivity contribution in [2.45, 2.75) is 45.3 Å². The first kappa shape index (κ1) is 20.2. The van der Waals surface area contributed by atoms with Crippen molar-refractivity contribution in [1.29, 1.82) is 0 Å². The number of nitrogens with zero attached hydrogens (tertiary/aromatic N) is 2. The van der Waals surface area contributed by atoms with Gasteiger partial charge in [-0.3, -0.25) is 9.59 Å². The molecule has 2 N–H and O–H groups in total. The molecule has 1 amide bonds. The van der Waals surface area contributed by atoms with Crippen LogP contribution in [0.5, 0.6) is 0 Å². The Labute approximate surface area is 173 Å². The second-order valence-corrected chi connectivity index (χ2v) is 7.87. The van der Waals surface area contributed by atoms with Crippen LogP contribution in [0, 0.1) is 11.7 Å². The van der Waals surface area contributed by atoms with Crippen LogP contribution in [0.4, 0.5) is 4.39 Å². The maximum absolute atomic E-state index is 13.5. The Hall–Kier alpha value is -3.06. The number of aromatic nitrogens is 2. The Morgan fingerprint density at radius 3 is 2.60 bits per heavy atom. The molecule has 1 saturated carbocycles. The van der Waals surface area contributed by atoms with Crippen molar-refractivity contribution >= 4 is 22.7 Å². The minimum atomic E-state index is -0.533. The molecule has 0 saturated heterocycles. The molecule has 1 aliphatic rings. The van der Waals surface area contributed by atoms with Gasteiger partial charge in [0.25, 0.3) is 5.91 Å². The number of nitrogens with one attached hydrogen (secondary N) is 1. The first-order chi connectivity index (χ1) is 14.5. The van der Waals surface area contributed by atoms with Crippen LogP contribution in [-0.2, 0) is 11.4 Å². The summed E-state index contributed by atoms with van der Waals surface area (Å²) in [6, 6.07) is 11.1.